The van der Waals surface area contributed by atoms with Gasteiger partial charge < -0.3 is 29.7 Å². The minimum atomic E-state index is 0.0777. The van der Waals surface area contributed by atoms with Gasteiger partial charge in [0.05, 0.1) is 24.7 Å². The number of methoxy groups -OCH3 is 1. The molecule has 0 radical (unpaired) electrons. The van der Waals surface area contributed by atoms with E-state index >= 15 is 0 Å². The number of carbonyl (C=O) groups excluding carboxylic acids is 1. The van der Waals surface area contributed by atoms with Crippen molar-refractivity contribution < 1.29 is 9.53 Å². The van der Waals surface area contributed by atoms with Gasteiger partial charge in [-0.3, -0.25) is 4.79 Å². The standard InChI is InChI=1S/C27H29N7O2/c1-32(2)16-24(35)33-12-10-18-14-23(36-3)20(15-22(18)33)29-27-30-25-19(8-11-28-25)26(31-27)34-13-9-17-6-4-5-7-21(17)34/h4-8,11,14-15H,9-10,12-13,16H2,1-3H3,(H2,28,29,30,31). The number of ether oxygens (including phenoxy) is 1. The number of H-pyrrole nitrogens is 1. The lowest BCUT2D eigenvalue weighted by Crippen LogP contribution is -2.36. The summed E-state index contributed by atoms with van der Waals surface area (Å²) in [5, 5.41) is 4.35. The maximum atomic E-state index is 12.9. The van der Waals surface area contributed by atoms with Crippen LogP contribution in [0.25, 0.3) is 11.0 Å². The van der Waals surface area contributed by atoms with Crippen molar-refractivity contribution in [3.05, 3.63) is 59.8 Å². The molecule has 0 bridgehead atoms. The van der Waals surface area contributed by atoms with Gasteiger partial charge in [-0.15, -0.1) is 0 Å². The Bertz CT molecular complexity index is 1460. The highest BCUT2D eigenvalue weighted by Gasteiger charge is 2.28. The van der Waals surface area contributed by atoms with Crippen LogP contribution in [0, 0.1) is 0 Å². The number of rotatable bonds is 6. The quantitative estimate of drug-likeness (QED) is 0.431. The van der Waals surface area contributed by atoms with Crippen LogP contribution < -0.4 is 19.9 Å². The molecule has 6 rings (SSSR count). The van der Waals surface area contributed by atoms with Gasteiger partial charge >= 0.3 is 0 Å². The van der Waals surface area contributed by atoms with Crippen molar-refractivity contribution in [2.24, 2.45) is 0 Å². The highest BCUT2D eigenvalue weighted by molar-refractivity contribution is 5.98. The highest BCUT2D eigenvalue weighted by atomic mass is 16.5. The Labute approximate surface area is 209 Å². The molecule has 0 saturated heterocycles. The monoisotopic (exact) mass is 483 g/mol. The summed E-state index contributed by atoms with van der Waals surface area (Å²) >= 11 is 0. The number of fused-ring (bicyclic) bond motifs is 3. The predicted molar refractivity (Wildman–Crippen MR) is 142 cm³/mol. The first-order chi connectivity index (χ1) is 17.5. The van der Waals surface area contributed by atoms with E-state index in [1.807, 2.05) is 48.3 Å². The molecule has 0 saturated carbocycles. The third-order valence-electron chi connectivity index (χ3n) is 6.83. The zero-order valence-electron chi connectivity index (χ0n) is 20.7. The summed E-state index contributed by atoms with van der Waals surface area (Å²) in [6, 6.07) is 14.4. The van der Waals surface area contributed by atoms with Crippen molar-refractivity contribution in [2.75, 3.05) is 56.0 Å². The Hall–Kier alpha value is -4.11. The molecule has 2 aliphatic rings. The van der Waals surface area contributed by atoms with E-state index in [0.29, 0.717) is 24.8 Å². The number of para-hydroxylation sites is 1. The molecule has 1 amide bonds. The molecule has 2 aromatic heterocycles. The van der Waals surface area contributed by atoms with E-state index in [1.165, 1.54) is 11.3 Å². The number of hydrogen-bond acceptors (Lipinski definition) is 7. The van der Waals surface area contributed by atoms with Gasteiger partial charge in [0.25, 0.3) is 0 Å². The molecule has 2 aromatic carbocycles. The number of carbonyl (C=O) groups is 1. The molecule has 4 heterocycles. The maximum Gasteiger partial charge on any atom is 0.241 e. The number of aromatic nitrogens is 3. The number of likely N-dealkylation sites (N-methyl/N-ethyl adjacent to an activating group) is 1. The molecule has 9 nitrogen and oxygen atoms in total. The van der Waals surface area contributed by atoms with Gasteiger partial charge in [0.1, 0.15) is 17.2 Å². The predicted octanol–water partition coefficient (Wildman–Crippen LogP) is 3.86. The van der Waals surface area contributed by atoms with Crippen LogP contribution in [-0.2, 0) is 17.6 Å². The van der Waals surface area contributed by atoms with Crippen LogP contribution >= 0.6 is 0 Å². The van der Waals surface area contributed by atoms with E-state index in [1.54, 1.807) is 7.11 Å². The fraction of sp³-hybridized carbons (Fsp3) is 0.296. The number of hydrogen-bond donors (Lipinski definition) is 2. The van der Waals surface area contributed by atoms with Crippen molar-refractivity contribution in [3.8, 4) is 5.75 Å². The van der Waals surface area contributed by atoms with Gasteiger partial charge in [0.2, 0.25) is 11.9 Å². The number of amides is 1. The average molecular weight is 484 g/mol. The van der Waals surface area contributed by atoms with E-state index in [4.69, 9.17) is 14.7 Å². The Morgan fingerprint density at radius 1 is 1.08 bits per heavy atom. The Morgan fingerprint density at radius 2 is 1.92 bits per heavy atom. The number of aromatic amines is 1. The van der Waals surface area contributed by atoms with E-state index in [2.05, 4.69) is 39.5 Å². The molecule has 0 unspecified atom stereocenters. The summed E-state index contributed by atoms with van der Waals surface area (Å²) in [5.41, 5.74) is 5.97. The number of benzene rings is 2. The summed E-state index contributed by atoms with van der Waals surface area (Å²) in [4.78, 5) is 31.8. The SMILES string of the molecule is COc1cc2c(cc1Nc1nc(N3CCc4ccccc43)c3cc[nH]c3n1)N(C(=O)CN(C)C)CC2. The first-order valence-electron chi connectivity index (χ1n) is 12.2. The first kappa shape index (κ1) is 22.4. The molecule has 0 aliphatic carbocycles. The van der Waals surface area contributed by atoms with Crippen LogP contribution in [0.5, 0.6) is 5.75 Å². The second-order valence-corrected chi connectivity index (χ2v) is 9.48. The fourth-order valence-corrected chi connectivity index (χ4v) is 5.16. The second-order valence-electron chi connectivity index (χ2n) is 9.48. The maximum absolute atomic E-state index is 12.9. The minimum Gasteiger partial charge on any atom is -0.495 e. The Morgan fingerprint density at radius 3 is 2.75 bits per heavy atom. The van der Waals surface area contributed by atoms with E-state index in [-0.39, 0.29) is 5.91 Å². The van der Waals surface area contributed by atoms with Crippen LogP contribution in [0.2, 0.25) is 0 Å². The van der Waals surface area contributed by atoms with Gasteiger partial charge in [0, 0.05) is 30.7 Å². The summed E-state index contributed by atoms with van der Waals surface area (Å²) < 4.78 is 5.70. The zero-order chi connectivity index (χ0) is 24.8. The normalized spacial score (nSPS) is 14.4. The lowest BCUT2D eigenvalue weighted by molar-refractivity contribution is -0.119. The molecular weight excluding hydrogens is 454 g/mol. The molecule has 0 fully saturated rings. The lowest BCUT2D eigenvalue weighted by Gasteiger charge is -2.22. The molecule has 0 spiro atoms. The van der Waals surface area contributed by atoms with Gasteiger partial charge in [0.15, 0.2) is 0 Å². The summed E-state index contributed by atoms with van der Waals surface area (Å²) in [5.74, 6) is 2.09. The van der Waals surface area contributed by atoms with E-state index in [0.717, 1.165) is 53.2 Å². The van der Waals surface area contributed by atoms with Crippen molar-refractivity contribution in [1.29, 1.82) is 0 Å². The third kappa shape index (κ3) is 3.81. The van der Waals surface area contributed by atoms with Crippen LogP contribution in [-0.4, -0.2) is 66.6 Å². The highest BCUT2D eigenvalue weighted by Crippen LogP contribution is 2.40. The van der Waals surface area contributed by atoms with E-state index in [9.17, 15) is 4.79 Å². The molecule has 4 aromatic rings. The van der Waals surface area contributed by atoms with Gasteiger partial charge in [-0.05, 0) is 62.3 Å². The van der Waals surface area contributed by atoms with Gasteiger partial charge in [-0.25, -0.2) is 0 Å². The Balaban J connectivity index is 1.38. The summed E-state index contributed by atoms with van der Waals surface area (Å²) in [7, 11) is 5.46. The number of nitrogens with one attached hydrogen (secondary N) is 2. The topological polar surface area (TPSA) is 89.6 Å². The van der Waals surface area contributed by atoms with Crippen LogP contribution in [0.4, 0.5) is 28.8 Å². The smallest absolute Gasteiger partial charge is 0.241 e. The molecule has 9 heteroatoms. The summed E-state index contributed by atoms with van der Waals surface area (Å²) in [6.45, 7) is 1.89. The van der Waals surface area contributed by atoms with Crippen LogP contribution in [0.15, 0.2) is 48.7 Å². The van der Waals surface area contributed by atoms with Crippen molar-refractivity contribution in [1.82, 2.24) is 19.9 Å². The molecule has 0 atom stereocenters. The third-order valence-corrected chi connectivity index (χ3v) is 6.83. The first-order valence-corrected chi connectivity index (χ1v) is 12.2. The molecule has 2 aliphatic heterocycles. The molecular formula is C27H29N7O2. The molecule has 36 heavy (non-hydrogen) atoms. The average Bonchev–Trinajstić information content (AvgIpc) is 3.60. The number of nitrogens with zero attached hydrogens (tertiary/aromatic N) is 5. The number of anilines is 5. The summed E-state index contributed by atoms with van der Waals surface area (Å²) in [6.07, 6.45) is 3.66. The van der Waals surface area contributed by atoms with Crippen LogP contribution in [0.3, 0.4) is 0 Å². The van der Waals surface area contributed by atoms with E-state index < -0.39 is 0 Å². The fourth-order valence-electron chi connectivity index (χ4n) is 5.16. The zero-order valence-corrected chi connectivity index (χ0v) is 20.7. The lowest BCUT2D eigenvalue weighted by atomic mass is 10.1. The molecule has 184 valence electrons. The van der Waals surface area contributed by atoms with Gasteiger partial charge in [-0.2, -0.15) is 9.97 Å². The van der Waals surface area contributed by atoms with Crippen molar-refractivity contribution in [3.63, 3.8) is 0 Å². The van der Waals surface area contributed by atoms with Crippen LogP contribution in [0.1, 0.15) is 11.1 Å². The Kier molecular flexibility index (Phi) is 5.49. The van der Waals surface area contributed by atoms with Crippen molar-refractivity contribution in [2.45, 2.75) is 12.8 Å². The van der Waals surface area contributed by atoms with Gasteiger partial charge in [-0.1, -0.05) is 18.2 Å². The minimum absolute atomic E-state index is 0.0777. The van der Waals surface area contributed by atoms with Crippen molar-refractivity contribution >= 4 is 45.8 Å². The molecule has 2 N–H and O–H groups in total. The largest absolute Gasteiger partial charge is 0.495 e. The second kappa shape index (κ2) is 8.83.